The number of carbonyl (C=O) groups is 7. The van der Waals surface area contributed by atoms with Gasteiger partial charge in [0, 0.05) is 77.3 Å². The summed E-state index contributed by atoms with van der Waals surface area (Å²) < 4.78 is 51.3. The minimum Gasteiger partial charge on any atom is -0.495 e. The van der Waals surface area contributed by atoms with E-state index >= 15 is 13.2 Å². The molecule has 3 saturated heterocycles. The van der Waals surface area contributed by atoms with Crippen LogP contribution in [0.3, 0.4) is 0 Å². The molecular weight excluding hydrogens is 892 g/mol. The van der Waals surface area contributed by atoms with Gasteiger partial charge in [0.15, 0.2) is 5.82 Å². The van der Waals surface area contributed by atoms with Crippen LogP contribution in [0.1, 0.15) is 88.9 Å². The lowest BCUT2D eigenvalue weighted by atomic mass is 10.0. The maximum Gasteiger partial charge on any atom is 0.342 e. The lowest BCUT2D eigenvalue weighted by Crippen LogP contribution is -2.54. The van der Waals surface area contributed by atoms with Gasteiger partial charge in [-0.3, -0.25) is 48.7 Å². The highest BCUT2D eigenvalue weighted by Crippen LogP contribution is 2.41. The van der Waals surface area contributed by atoms with Crippen molar-refractivity contribution in [2.75, 3.05) is 86.5 Å². The number of imide groups is 2. The normalized spacial score (nSPS) is 22.1. The van der Waals surface area contributed by atoms with Crippen LogP contribution in [0.5, 0.6) is 5.75 Å². The molecule has 1 unspecified atom stereocenters. The number of hydrogen-bond acceptors (Lipinski definition) is 14. The average Bonchev–Trinajstić information content (AvgIpc) is 4.08. The zero-order valence-electron chi connectivity index (χ0n) is 37.7. The highest BCUT2D eigenvalue weighted by molar-refractivity contribution is 6.25. The van der Waals surface area contributed by atoms with Gasteiger partial charge in [-0.25, -0.2) is 9.37 Å². The minimum absolute atomic E-state index is 0.0380. The largest absolute Gasteiger partial charge is 0.495 e. The van der Waals surface area contributed by atoms with E-state index < -0.39 is 65.8 Å². The number of nitrogens with one attached hydrogen (secondary N) is 3. The maximum absolute atomic E-state index is 15.7. The van der Waals surface area contributed by atoms with E-state index in [0.717, 1.165) is 28.7 Å². The molecule has 1 aromatic heterocycles. The van der Waals surface area contributed by atoms with E-state index in [1.54, 1.807) is 23.1 Å². The number of carbonyl (C=O) groups excluding carboxylic acids is 7. The fourth-order valence-corrected chi connectivity index (χ4v) is 10.2. The van der Waals surface area contributed by atoms with Gasteiger partial charge in [0.25, 0.3) is 23.6 Å². The van der Waals surface area contributed by atoms with E-state index in [4.69, 9.17) is 4.74 Å². The minimum atomic E-state index is -3.65. The van der Waals surface area contributed by atoms with Crippen LogP contribution in [0, 0.1) is 5.82 Å². The van der Waals surface area contributed by atoms with E-state index in [-0.39, 0.29) is 83.3 Å². The number of rotatable bonds is 12. The summed E-state index contributed by atoms with van der Waals surface area (Å²) in [5.74, 6) is -8.68. The van der Waals surface area contributed by atoms with Gasteiger partial charge in [-0.05, 0) is 56.8 Å². The summed E-state index contributed by atoms with van der Waals surface area (Å²) in [4.78, 5) is 109. The fraction of sp³-hybridized carbons (Fsp3) is 0.500. The Morgan fingerprint density at radius 3 is 2.46 bits per heavy atom. The summed E-state index contributed by atoms with van der Waals surface area (Å²) in [6.07, 6.45) is 5.77. The number of fused-ring (bicyclic) bond motifs is 2. The Bertz CT molecular complexity index is 2570. The summed E-state index contributed by atoms with van der Waals surface area (Å²) in [6, 6.07) is 5.65. The Balaban J connectivity index is 0.756. The predicted octanol–water partition coefficient (Wildman–Crippen LogP) is 3.06. The third-order valence-electron chi connectivity index (χ3n) is 13.8. The monoisotopic (exact) mass is 943 g/mol. The van der Waals surface area contributed by atoms with Gasteiger partial charge < -0.3 is 35.0 Å². The van der Waals surface area contributed by atoms with Gasteiger partial charge in [-0.1, -0.05) is 18.9 Å². The van der Waals surface area contributed by atoms with E-state index in [0.29, 0.717) is 70.6 Å². The summed E-state index contributed by atoms with van der Waals surface area (Å²) in [5, 5.41) is 7.95. The fourth-order valence-electron chi connectivity index (χ4n) is 10.2. The zero-order chi connectivity index (χ0) is 48.0. The number of nitrogens with zero attached hydrogens (tertiary/aromatic N) is 8. The van der Waals surface area contributed by atoms with Crippen LogP contribution in [0.4, 0.5) is 42.0 Å². The second-order valence-electron chi connectivity index (χ2n) is 18.1. The zero-order valence-corrected chi connectivity index (χ0v) is 37.7. The van der Waals surface area contributed by atoms with E-state index in [1.807, 2.05) is 4.90 Å². The van der Waals surface area contributed by atoms with Crippen molar-refractivity contribution < 1.29 is 51.5 Å². The second kappa shape index (κ2) is 18.7. The van der Waals surface area contributed by atoms with Crippen LogP contribution in [-0.2, 0) is 19.2 Å². The highest BCUT2D eigenvalue weighted by Gasteiger charge is 2.49. The topological polar surface area (TPSA) is 210 Å². The molecule has 0 radical (unpaired) electrons. The van der Waals surface area contributed by atoms with Gasteiger partial charge in [-0.2, -0.15) is 13.8 Å². The number of anilines is 5. The quantitative estimate of drug-likeness (QED) is 0.223. The van der Waals surface area contributed by atoms with Crippen molar-refractivity contribution in [3.8, 4) is 5.75 Å². The molecule has 360 valence electrons. The summed E-state index contributed by atoms with van der Waals surface area (Å²) in [7, 11) is 2.59. The number of amides is 7. The van der Waals surface area contributed by atoms with Crippen molar-refractivity contribution in [3.05, 3.63) is 59.0 Å². The Labute approximate surface area is 389 Å². The molecule has 0 bridgehead atoms. The smallest absolute Gasteiger partial charge is 0.342 e. The third kappa shape index (κ3) is 8.88. The highest BCUT2D eigenvalue weighted by atomic mass is 19.3. The summed E-state index contributed by atoms with van der Waals surface area (Å²) >= 11 is 0. The average molecular weight is 944 g/mol. The number of halogens is 3. The Hall–Kier alpha value is -6.84. The molecule has 0 spiro atoms. The van der Waals surface area contributed by atoms with Crippen LogP contribution in [0.2, 0.25) is 0 Å². The lowest BCUT2D eigenvalue weighted by molar-refractivity contribution is -0.140. The van der Waals surface area contributed by atoms with Gasteiger partial charge in [0.2, 0.25) is 23.7 Å². The molecule has 1 aliphatic carbocycles. The van der Waals surface area contributed by atoms with Crippen molar-refractivity contribution in [1.29, 1.82) is 0 Å². The molecule has 4 fully saturated rings. The first-order valence-electron chi connectivity index (χ1n) is 23.0. The Morgan fingerprint density at radius 1 is 0.956 bits per heavy atom. The maximum atomic E-state index is 15.7. The van der Waals surface area contributed by atoms with Crippen molar-refractivity contribution in [2.24, 2.45) is 0 Å². The number of likely N-dealkylation sites (tertiary alicyclic amines) is 1. The number of ether oxygens (including phenoxy) is 1. The first-order chi connectivity index (χ1) is 32.6. The molecule has 9 rings (SSSR count). The Morgan fingerprint density at radius 2 is 1.72 bits per heavy atom. The van der Waals surface area contributed by atoms with Crippen molar-refractivity contribution in [3.63, 3.8) is 0 Å². The van der Waals surface area contributed by atoms with Crippen molar-refractivity contribution >= 4 is 70.2 Å². The van der Waals surface area contributed by atoms with Gasteiger partial charge in [0.1, 0.15) is 23.3 Å². The van der Waals surface area contributed by atoms with E-state index in [1.165, 1.54) is 31.3 Å². The molecule has 22 heteroatoms. The third-order valence-corrected chi connectivity index (χ3v) is 13.8. The molecule has 7 amide bonds. The lowest BCUT2D eigenvalue weighted by Gasteiger charge is -2.36. The van der Waals surface area contributed by atoms with Gasteiger partial charge in [0.05, 0.1) is 47.9 Å². The van der Waals surface area contributed by atoms with E-state index in [2.05, 4.69) is 30.8 Å². The van der Waals surface area contributed by atoms with Crippen LogP contribution in [-0.4, -0.2) is 157 Å². The first-order valence-corrected chi connectivity index (χ1v) is 23.0. The van der Waals surface area contributed by atoms with Crippen LogP contribution >= 0.6 is 0 Å². The van der Waals surface area contributed by atoms with E-state index in [9.17, 15) is 33.6 Å². The summed E-state index contributed by atoms with van der Waals surface area (Å²) in [6.45, 7) is 2.93. The molecule has 2 aromatic carbocycles. The molecule has 6 aliphatic rings. The predicted molar refractivity (Wildman–Crippen MR) is 240 cm³/mol. The number of hydrogen-bond donors (Lipinski definition) is 3. The van der Waals surface area contributed by atoms with Crippen LogP contribution in [0.15, 0.2) is 36.5 Å². The molecule has 3 N–H and O–H groups in total. The Kier molecular flexibility index (Phi) is 12.7. The van der Waals surface area contributed by atoms with Crippen molar-refractivity contribution in [2.45, 2.75) is 81.8 Å². The standard InChI is InChI=1S/C46H52F3N11O8/c1-55-34-23-50-45(54-39(34)59(27-7-3-4-8-27)25-46(48,49)44(55)67)52-31-22-30(47)29(21-35(31)68-2)40(63)51-26-14-16-58(24-26)37(62)11-6-15-56-17-19-57(20-18-56)32-10-5-9-28-38(32)43(66)60(42(28)65)33-12-13-36(61)53-41(33)64/h5,9-10,21-23,26-27,33H,3-4,6-8,11-20,24-25H2,1-2H3,(H,51,63)(H,50,52,54)(H,53,61,64)/t26-,33?/m0/s1. The number of piperazine rings is 1. The molecule has 68 heavy (non-hydrogen) atoms. The number of alkyl halides is 2. The van der Waals surface area contributed by atoms with Crippen LogP contribution in [0.25, 0.3) is 0 Å². The number of benzene rings is 2. The second-order valence-corrected chi connectivity index (χ2v) is 18.1. The van der Waals surface area contributed by atoms with Crippen molar-refractivity contribution in [1.82, 2.24) is 35.3 Å². The molecule has 2 atom stereocenters. The molecule has 19 nitrogen and oxygen atoms in total. The molecule has 1 saturated carbocycles. The number of methoxy groups -OCH3 is 1. The first kappa shape index (κ1) is 46.3. The molecule has 5 aliphatic heterocycles. The molecular formula is C46H52F3N11O8. The molecule has 6 heterocycles. The SMILES string of the molecule is COc1cc(C(=O)N[C@H]2CCN(C(=O)CCCN3CCN(c4cccc5c4C(=O)N(C4CCC(=O)NC4=O)C5=O)CC3)C2)c(F)cc1Nc1ncc2c(n1)N(C1CCCC1)CC(F)(F)C(=O)N2C. The van der Waals surface area contributed by atoms with Gasteiger partial charge >= 0.3 is 5.92 Å². The molecule has 3 aromatic rings. The number of piperidine rings is 1. The summed E-state index contributed by atoms with van der Waals surface area (Å²) in [5.41, 5.74) is 1.00. The van der Waals surface area contributed by atoms with Gasteiger partial charge in [-0.15, -0.1) is 0 Å². The number of aromatic nitrogens is 2. The van der Waals surface area contributed by atoms with Crippen LogP contribution < -0.4 is 35.4 Å².